The van der Waals surface area contributed by atoms with Crippen molar-refractivity contribution in [2.75, 3.05) is 13.1 Å². The lowest BCUT2D eigenvalue weighted by molar-refractivity contribution is -0.127. The summed E-state index contributed by atoms with van der Waals surface area (Å²) in [5.74, 6) is 1.45. The molecular formula is C17H21N3O. The summed E-state index contributed by atoms with van der Waals surface area (Å²) >= 11 is 0. The van der Waals surface area contributed by atoms with Gasteiger partial charge in [-0.15, -0.1) is 6.58 Å². The second-order valence-electron chi connectivity index (χ2n) is 5.60. The molecule has 4 heteroatoms. The average Bonchev–Trinajstić information content (AvgIpc) is 3.02. The summed E-state index contributed by atoms with van der Waals surface area (Å²) in [4.78, 5) is 18.7. The van der Waals surface area contributed by atoms with Crippen molar-refractivity contribution in [1.29, 1.82) is 0 Å². The summed E-state index contributed by atoms with van der Waals surface area (Å²) in [7, 11) is 0. The smallest absolute Gasteiger partial charge is 0.223 e. The zero-order valence-electron chi connectivity index (χ0n) is 12.5. The van der Waals surface area contributed by atoms with Gasteiger partial charge in [-0.1, -0.05) is 25.1 Å². The van der Waals surface area contributed by atoms with Crippen molar-refractivity contribution < 1.29 is 4.79 Å². The number of carbonyl (C=O) groups excluding carboxylic acids is 1. The summed E-state index contributed by atoms with van der Waals surface area (Å²) < 4.78 is 2.28. The number of nitrogens with zero attached hydrogens (tertiary/aromatic N) is 3. The average molecular weight is 283 g/mol. The summed E-state index contributed by atoms with van der Waals surface area (Å²) in [5.41, 5.74) is 2.19. The Bertz CT molecular complexity index is 674. The number of aryl methyl sites for hydroxylation is 1. The van der Waals surface area contributed by atoms with Gasteiger partial charge in [0.25, 0.3) is 0 Å². The van der Waals surface area contributed by atoms with Gasteiger partial charge in [0.2, 0.25) is 5.91 Å². The van der Waals surface area contributed by atoms with E-state index in [2.05, 4.69) is 24.1 Å². The SMILES string of the molecule is C=CCN1C[C@@H](c2nc3ccccc3n2CCC)CC1=O. The molecule has 2 aromatic rings. The Kier molecular flexibility index (Phi) is 3.78. The molecule has 1 aromatic heterocycles. The van der Waals surface area contributed by atoms with E-state index in [9.17, 15) is 4.79 Å². The number of likely N-dealkylation sites (tertiary alicyclic amines) is 1. The molecule has 21 heavy (non-hydrogen) atoms. The largest absolute Gasteiger partial charge is 0.338 e. The van der Waals surface area contributed by atoms with Gasteiger partial charge < -0.3 is 9.47 Å². The highest BCUT2D eigenvalue weighted by Gasteiger charge is 2.33. The Morgan fingerprint density at radius 3 is 3.00 bits per heavy atom. The van der Waals surface area contributed by atoms with Crippen LogP contribution in [0.15, 0.2) is 36.9 Å². The maximum Gasteiger partial charge on any atom is 0.223 e. The molecule has 0 N–H and O–H groups in total. The fraction of sp³-hybridized carbons (Fsp3) is 0.412. The quantitative estimate of drug-likeness (QED) is 0.791. The maximum absolute atomic E-state index is 12.1. The normalized spacial score (nSPS) is 18.6. The third kappa shape index (κ3) is 2.46. The van der Waals surface area contributed by atoms with Crippen molar-refractivity contribution in [2.45, 2.75) is 32.2 Å². The van der Waals surface area contributed by atoms with Gasteiger partial charge in [0.05, 0.1) is 11.0 Å². The van der Waals surface area contributed by atoms with Crippen LogP contribution in [0.25, 0.3) is 11.0 Å². The van der Waals surface area contributed by atoms with Crippen LogP contribution in [0, 0.1) is 0 Å². The second-order valence-corrected chi connectivity index (χ2v) is 5.60. The number of fused-ring (bicyclic) bond motifs is 1. The molecule has 0 spiro atoms. The predicted molar refractivity (Wildman–Crippen MR) is 84.2 cm³/mol. The number of para-hydroxylation sites is 2. The Morgan fingerprint density at radius 1 is 1.43 bits per heavy atom. The lowest BCUT2D eigenvalue weighted by atomic mass is 10.1. The number of aromatic nitrogens is 2. The first kappa shape index (κ1) is 13.9. The molecule has 1 amide bonds. The number of amides is 1. The fourth-order valence-corrected chi connectivity index (χ4v) is 3.14. The first-order valence-corrected chi connectivity index (χ1v) is 7.58. The third-order valence-corrected chi connectivity index (χ3v) is 4.06. The van der Waals surface area contributed by atoms with Crippen molar-refractivity contribution >= 4 is 16.9 Å². The highest BCUT2D eigenvalue weighted by molar-refractivity contribution is 5.81. The standard InChI is InChI=1S/C17H21N3O/c1-3-9-19-12-13(11-16(19)21)17-18-14-7-5-6-8-15(14)20(17)10-4-2/h3,5-8,13H,1,4,9-12H2,2H3/t13-/m0/s1. The Balaban J connectivity index is 1.98. The van der Waals surface area contributed by atoms with Crippen molar-refractivity contribution in [3.05, 3.63) is 42.7 Å². The van der Waals surface area contributed by atoms with E-state index in [4.69, 9.17) is 4.98 Å². The zero-order valence-corrected chi connectivity index (χ0v) is 12.5. The van der Waals surface area contributed by atoms with Crippen LogP contribution < -0.4 is 0 Å². The summed E-state index contributed by atoms with van der Waals surface area (Å²) in [6, 6.07) is 8.21. The number of carbonyl (C=O) groups is 1. The molecule has 1 atom stereocenters. The molecule has 1 aromatic carbocycles. The van der Waals surface area contributed by atoms with E-state index >= 15 is 0 Å². The van der Waals surface area contributed by atoms with E-state index in [1.165, 1.54) is 5.52 Å². The van der Waals surface area contributed by atoms with Crippen LogP contribution in [-0.2, 0) is 11.3 Å². The Hall–Kier alpha value is -2.10. The molecule has 2 heterocycles. The van der Waals surface area contributed by atoms with Crippen LogP contribution >= 0.6 is 0 Å². The van der Waals surface area contributed by atoms with E-state index in [0.717, 1.165) is 30.9 Å². The van der Waals surface area contributed by atoms with E-state index in [-0.39, 0.29) is 11.8 Å². The van der Waals surface area contributed by atoms with Gasteiger partial charge in [-0.2, -0.15) is 0 Å². The highest BCUT2D eigenvalue weighted by atomic mass is 16.2. The zero-order chi connectivity index (χ0) is 14.8. The van der Waals surface area contributed by atoms with Crippen molar-refractivity contribution in [2.24, 2.45) is 0 Å². The first-order valence-electron chi connectivity index (χ1n) is 7.58. The molecule has 1 aliphatic heterocycles. The number of rotatable bonds is 5. The lowest BCUT2D eigenvalue weighted by Gasteiger charge is -2.15. The second kappa shape index (κ2) is 5.72. The maximum atomic E-state index is 12.1. The minimum absolute atomic E-state index is 0.191. The first-order chi connectivity index (χ1) is 10.2. The summed E-state index contributed by atoms with van der Waals surface area (Å²) in [6.45, 7) is 8.22. The van der Waals surface area contributed by atoms with E-state index in [0.29, 0.717) is 13.0 Å². The molecule has 110 valence electrons. The van der Waals surface area contributed by atoms with Gasteiger partial charge in [0, 0.05) is 32.0 Å². The molecule has 1 saturated heterocycles. The number of hydrogen-bond acceptors (Lipinski definition) is 2. The molecule has 1 fully saturated rings. The van der Waals surface area contributed by atoms with Gasteiger partial charge in [0.15, 0.2) is 0 Å². The van der Waals surface area contributed by atoms with Gasteiger partial charge in [-0.25, -0.2) is 4.98 Å². The lowest BCUT2D eigenvalue weighted by Crippen LogP contribution is -2.25. The Labute approximate surface area is 125 Å². The van der Waals surface area contributed by atoms with E-state index in [1.54, 1.807) is 6.08 Å². The minimum Gasteiger partial charge on any atom is -0.338 e. The van der Waals surface area contributed by atoms with Crippen molar-refractivity contribution in [1.82, 2.24) is 14.5 Å². The van der Waals surface area contributed by atoms with Crippen LogP contribution in [0.1, 0.15) is 31.5 Å². The molecule has 4 nitrogen and oxygen atoms in total. The van der Waals surface area contributed by atoms with E-state index in [1.807, 2.05) is 23.1 Å². The van der Waals surface area contributed by atoms with Crippen LogP contribution in [0.4, 0.5) is 0 Å². The molecule has 3 rings (SSSR count). The molecule has 0 aliphatic carbocycles. The molecule has 0 radical (unpaired) electrons. The molecular weight excluding hydrogens is 262 g/mol. The van der Waals surface area contributed by atoms with Gasteiger partial charge in [-0.05, 0) is 18.6 Å². The third-order valence-electron chi connectivity index (χ3n) is 4.06. The van der Waals surface area contributed by atoms with E-state index < -0.39 is 0 Å². The molecule has 1 aliphatic rings. The van der Waals surface area contributed by atoms with Crippen molar-refractivity contribution in [3.63, 3.8) is 0 Å². The molecule has 0 bridgehead atoms. The van der Waals surface area contributed by atoms with Crippen LogP contribution in [0.5, 0.6) is 0 Å². The number of hydrogen-bond donors (Lipinski definition) is 0. The minimum atomic E-state index is 0.191. The predicted octanol–water partition coefficient (Wildman–Crippen LogP) is 2.95. The van der Waals surface area contributed by atoms with Gasteiger partial charge in [0.1, 0.15) is 5.82 Å². The van der Waals surface area contributed by atoms with Crippen LogP contribution in [0.3, 0.4) is 0 Å². The monoisotopic (exact) mass is 283 g/mol. The number of imidazole rings is 1. The molecule has 0 saturated carbocycles. The fourth-order valence-electron chi connectivity index (χ4n) is 3.14. The highest BCUT2D eigenvalue weighted by Crippen LogP contribution is 2.30. The van der Waals surface area contributed by atoms with Crippen molar-refractivity contribution in [3.8, 4) is 0 Å². The van der Waals surface area contributed by atoms with Gasteiger partial charge >= 0.3 is 0 Å². The summed E-state index contributed by atoms with van der Waals surface area (Å²) in [5, 5.41) is 0. The number of benzene rings is 1. The van der Waals surface area contributed by atoms with Gasteiger partial charge in [-0.3, -0.25) is 4.79 Å². The topological polar surface area (TPSA) is 38.1 Å². The molecule has 0 unspecified atom stereocenters. The Morgan fingerprint density at radius 2 is 2.24 bits per heavy atom. The van der Waals surface area contributed by atoms with Crippen LogP contribution in [-0.4, -0.2) is 33.4 Å². The van der Waals surface area contributed by atoms with Crippen LogP contribution in [0.2, 0.25) is 0 Å². The summed E-state index contributed by atoms with van der Waals surface area (Å²) in [6.07, 6.45) is 3.40.